The monoisotopic (exact) mass is 410 g/mol. The van der Waals surface area contributed by atoms with Crippen LogP contribution in [0, 0.1) is 0 Å². The van der Waals surface area contributed by atoms with Crippen molar-refractivity contribution in [1.29, 1.82) is 0 Å². The molecule has 1 atom stereocenters. The highest BCUT2D eigenvalue weighted by atomic mass is 35.5. The molecule has 0 bridgehead atoms. The lowest BCUT2D eigenvalue weighted by molar-refractivity contribution is -0.123. The lowest BCUT2D eigenvalue weighted by Gasteiger charge is -2.33. The normalized spacial score (nSPS) is 12.3. The number of amides is 2. The zero-order valence-electron chi connectivity index (χ0n) is 16.6. The Morgan fingerprint density at radius 2 is 1.62 bits per heavy atom. The van der Waals surface area contributed by atoms with Gasteiger partial charge in [-0.1, -0.05) is 41.9 Å². The standard InChI is InChI=1S/C23H23ClN2O3/c1-23(2,3)25-21(27)20(16-11-13-17(24)14-12-16)26(18-8-5-4-6-9-18)22(28)19-10-7-15-29-19/h4-15,20H,1-3H3,(H,25,27)/t20-/m0/s1. The topological polar surface area (TPSA) is 62.6 Å². The summed E-state index contributed by atoms with van der Waals surface area (Å²) in [6, 6.07) is 18.3. The van der Waals surface area contributed by atoms with Gasteiger partial charge in [-0.3, -0.25) is 14.5 Å². The van der Waals surface area contributed by atoms with Crippen molar-refractivity contribution in [1.82, 2.24) is 5.32 Å². The first kappa shape index (κ1) is 20.7. The van der Waals surface area contributed by atoms with Crippen molar-refractivity contribution in [2.75, 3.05) is 4.90 Å². The van der Waals surface area contributed by atoms with Crippen molar-refractivity contribution >= 4 is 29.1 Å². The van der Waals surface area contributed by atoms with Crippen molar-refractivity contribution in [2.24, 2.45) is 0 Å². The number of hydrogen-bond acceptors (Lipinski definition) is 3. The number of nitrogens with zero attached hydrogens (tertiary/aromatic N) is 1. The Bertz CT molecular complexity index is 962. The van der Waals surface area contributed by atoms with Crippen LogP contribution in [0.5, 0.6) is 0 Å². The molecule has 6 heteroatoms. The van der Waals surface area contributed by atoms with Crippen LogP contribution in [0.15, 0.2) is 77.4 Å². The lowest BCUT2D eigenvalue weighted by Crippen LogP contribution is -2.49. The molecule has 0 unspecified atom stereocenters. The molecule has 2 amide bonds. The minimum Gasteiger partial charge on any atom is -0.459 e. The van der Waals surface area contributed by atoms with E-state index >= 15 is 0 Å². The summed E-state index contributed by atoms with van der Waals surface area (Å²) >= 11 is 6.05. The summed E-state index contributed by atoms with van der Waals surface area (Å²) in [6.45, 7) is 5.68. The van der Waals surface area contributed by atoms with Crippen LogP contribution >= 0.6 is 11.6 Å². The molecule has 0 saturated heterocycles. The van der Waals surface area contributed by atoms with Crippen molar-refractivity contribution in [3.8, 4) is 0 Å². The molecule has 0 radical (unpaired) electrons. The Morgan fingerprint density at radius 3 is 2.17 bits per heavy atom. The van der Waals surface area contributed by atoms with Crippen molar-refractivity contribution < 1.29 is 14.0 Å². The summed E-state index contributed by atoms with van der Waals surface area (Å²) < 4.78 is 5.34. The minimum atomic E-state index is -0.911. The molecule has 0 saturated carbocycles. The summed E-state index contributed by atoms with van der Waals surface area (Å²) in [4.78, 5) is 28.2. The third-order valence-corrected chi connectivity index (χ3v) is 4.43. The number of hydrogen-bond donors (Lipinski definition) is 1. The van der Waals surface area contributed by atoms with E-state index in [4.69, 9.17) is 16.0 Å². The fourth-order valence-corrected chi connectivity index (χ4v) is 3.12. The molecule has 0 fully saturated rings. The number of rotatable bonds is 5. The van der Waals surface area contributed by atoms with Gasteiger partial charge in [0.05, 0.1) is 6.26 Å². The number of furan rings is 1. The highest BCUT2D eigenvalue weighted by Crippen LogP contribution is 2.31. The van der Waals surface area contributed by atoms with Gasteiger partial charge in [-0.2, -0.15) is 0 Å². The summed E-state index contributed by atoms with van der Waals surface area (Å²) in [5, 5.41) is 3.53. The number of carbonyl (C=O) groups is 2. The van der Waals surface area contributed by atoms with Crippen molar-refractivity contribution in [2.45, 2.75) is 32.4 Å². The zero-order chi connectivity index (χ0) is 21.0. The number of anilines is 1. The predicted octanol–water partition coefficient (Wildman–Crippen LogP) is 5.24. The van der Waals surface area contributed by atoms with Crippen LogP contribution in [0.1, 0.15) is 42.9 Å². The molecule has 0 aliphatic heterocycles. The first-order valence-corrected chi connectivity index (χ1v) is 9.64. The number of para-hydroxylation sites is 1. The molecule has 2 aromatic carbocycles. The third-order valence-electron chi connectivity index (χ3n) is 4.18. The van der Waals surface area contributed by atoms with E-state index < -0.39 is 17.5 Å². The minimum absolute atomic E-state index is 0.149. The number of benzene rings is 2. The summed E-state index contributed by atoms with van der Waals surface area (Å²) in [5.74, 6) is -0.565. The van der Waals surface area contributed by atoms with E-state index in [0.717, 1.165) is 0 Å². The highest BCUT2D eigenvalue weighted by molar-refractivity contribution is 6.30. The molecule has 29 heavy (non-hydrogen) atoms. The lowest BCUT2D eigenvalue weighted by atomic mass is 10.0. The van der Waals surface area contributed by atoms with Gasteiger partial charge >= 0.3 is 0 Å². The number of carbonyl (C=O) groups excluding carboxylic acids is 2. The molecule has 0 aliphatic carbocycles. The molecular formula is C23H23ClN2O3. The van der Waals surface area contributed by atoms with Crippen LogP contribution in [0.3, 0.4) is 0 Å². The second kappa shape index (κ2) is 8.53. The Balaban J connectivity index is 2.15. The smallest absolute Gasteiger partial charge is 0.294 e. The predicted molar refractivity (Wildman–Crippen MR) is 114 cm³/mol. The SMILES string of the molecule is CC(C)(C)NC(=O)[C@H](c1ccc(Cl)cc1)N(C(=O)c1ccco1)c1ccccc1. The van der Waals surface area contributed by atoms with Crippen LogP contribution in [0.25, 0.3) is 0 Å². The highest BCUT2D eigenvalue weighted by Gasteiger charge is 2.35. The quantitative estimate of drug-likeness (QED) is 0.625. The Kier molecular flexibility index (Phi) is 6.09. The van der Waals surface area contributed by atoms with Gasteiger partial charge in [-0.05, 0) is 62.7 Å². The van der Waals surface area contributed by atoms with E-state index in [-0.39, 0.29) is 11.7 Å². The van der Waals surface area contributed by atoms with Gasteiger partial charge in [0.2, 0.25) is 5.91 Å². The molecule has 0 spiro atoms. The zero-order valence-corrected chi connectivity index (χ0v) is 17.3. The van der Waals surface area contributed by atoms with E-state index in [9.17, 15) is 9.59 Å². The van der Waals surface area contributed by atoms with E-state index in [0.29, 0.717) is 16.3 Å². The Labute approximate surface area is 175 Å². The van der Waals surface area contributed by atoms with Gasteiger partial charge in [0.15, 0.2) is 5.76 Å². The van der Waals surface area contributed by atoms with Gasteiger partial charge < -0.3 is 9.73 Å². The van der Waals surface area contributed by atoms with E-state index in [2.05, 4.69) is 5.32 Å². The van der Waals surface area contributed by atoms with Gasteiger partial charge in [0.25, 0.3) is 5.91 Å². The molecule has 3 aromatic rings. The van der Waals surface area contributed by atoms with Crippen LogP contribution in [0.4, 0.5) is 5.69 Å². The van der Waals surface area contributed by atoms with Gasteiger partial charge in [-0.25, -0.2) is 0 Å². The molecule has 1 N–H and O–H groups in total. The average Bonchev–Trinajstić information content (AvgIpc) is 3.20. The van der Waals surface area contributed by atoms with Crippen molar-refractivity contribution in [3.05, 3.63) is 89.3 Å². The van der Waals surface area contributed by atoms with Crippen LogP contribution in [-0.4, -0.2) is 17.4 Å². The summed E-state index contributed by atoms with van der Waals surface area (Å²) in [5.41, 5.74) is 0.746. The van der Waals surface area contributed by atoms with E-state index in [1.165, 1.54) is 11.2 Å². The molecular weight excluding hydrogens is 388 g/mol. The molecule has 150 valence electrons. The fourth-order valence-electron chi connectivity index (χ4n) is 2.99. The second-order valence-corrected chi connectivity index (χ2v) is 8.12. The average molecular weight is 411 g/mol. The van der Waals surface area contributed by atoms with Gasteiger partial charge in [-0.15, -0.1) is 0 Å². The molecule has 1 aromatic heterocycles. The van der Waals surface area contributed by atoms with E-state index in [1.807, 2.05) is 39.0 Å². The number of halogens is 1. The van der Waals surface area contributed by atoms with Crippen LogP contribution in [0.2, 0.25) is 5.02 Å². The molecule has 5 nitrogen and oxygen atoms in total. The maximum absolute atomic E-state index is 13.4. The number of nitrogens with one attached hydrogen (secondary N) is 1. The van der Waals surface area contributed by atoms with Gasteiger partial charge in [0.1, 0.15) is 6.04 Å². The summed E-state index contributed by atoms with van der Waals surface area (Å²) in [6.07, 6.45) is 1.43. The van der Waals surface area contributed by atoms with E-state index in [1.54, 1.807) is 48.5 Å². The second-order valence-electron chi connectivity index (χ2n) is 7.68. The van der Waals surface area contributed by atoms with Crippen molar-refractivity contribution in [3.63, 3.8) is 0 Å². The fraction of sp³-hybridized carbons (Fsp3) is 0.217. The first-order chi connectivity index (χ1) is 13.8. The van der Waals surface area contributed by atoms with Gasteiger partial charge in [0, 0.05) is 16.2 Å². The molecule has 3 rings (SSSR count). The largest absolute Gasteiger partial charge is 0.459 e. The maximum Gasteiger partial charge on any atom is 0.294 e. The molecule has 1 heterocycles. The van der Waals surface area contributed by atoms with Crippen LogP contribution < -0.4 is 10.2 Å². The first-order valence-electron chi connectivity index (χ1n) is 9.26. The Hall–Kier alpha value is -3.05. The molecule has 0 aliphatic rings. The van der Waals surface area contributed by atoms with Crippen LogP contribution in [-0.2, 0) is 4.79 Å². The summed E-state index contributed by atoms with van der Waals surface area (Å²) in [7, 11) is 0. The Morgan fingerprint density at radius 1 is 0.966 bits per heavy atom. The maximum atomic E-state index is 13.4. The third kappa shape index (κ3) is 5.06.